The Hall–Kier alpha value is -2.04. The van der Waals surface area contributed by atoms with Gasteiger partial charge in [0.2, 0.25) is 0 Å². The Morgan fingerprint density at radius 3 is 2.47 bits per heavy atom. The van der Waals surface area contributed by atoms with Crippen LogP contribution < -0.4 is 4.74 Å². The fraction of sp³-hybridized carbons (Fsp3) is 0.333. The topological polar surface area (TPSA) is 55.8 Å². The van der Waals surface area contributed by atoms with E-state index in [2.05, 4.69) is 4.74 Å². The van der Waals surface area contributed by atoms with Crippen LogP contribution in [0.3, 0.4) is 0 Å². The number of hydrogen-bond donors (Lipinski definition) is 0. The number of hydrogen-bond acceptors (Lipinski definition) is 4. The van der Waals surface area contributed by atoms with Crippen molar-refractivity contribution in [2.24, 2.45) is 0 Å². The largest absolute Gasteiger partial charge is 0.496 e. The van der Waals surface area contributed by atoms with Crippen molar-refractivity contribution in [2.45, 2.75) is 0 Å². The zero-order valence-electron chi connectivity index (χ0n) is 10.1. The molecule has 1 amide bonds. The SMILES string of the molecule is COC(=O)CN(C)C(=O)c1ccccc1OC. The maximum atomic E-state index is 12.0. The Labute approximate surface area is 99.9 Å². The first-order chi connectivity index (χ1) is 8.10. The van der Waals surface area contributed by atoms with Gasteiger partial charge in [-0.1, -0.05) is 12.1 Å². The average molecular weight is 237 g/mol. The van der Waals surface area contributed by atoms with Crippen molar-refractivity contribution in [3.8, 4) is 5.75 Å². The number of carbonyl (C=O) groups excluding carboxylic acids is 2. The molecule has 0 radical (unpaired) electrons. The summed E-state index contributed by atoms with van der Waals surface area (Å²) in [6.07, 6.45) is 0. The van der Waals surface area contributed by atoms with Crippen molar-refractivity contribution in [1.82, 2.24) is 4.90 Å². The third-order valence-electron chi connectivity index (χ3n) is 2.28. The molecule has 0 heterocycles. The van der Waals surface area contributed by atoms with Crippen molar-refractivity contribution in [1.29, 1.82) is 0 Å². The molecule has 1 aromatic rings. The van der Waals surface area contributed by atoms with Gasteiger partial charge in [0.15, 0.2) is 0 Å². The molecule has 1 aromatic carbocycles. The first kappa shape index (κ1) is 13.0. The maximum absolute atomic E-state index is 12.0. The Kier molecular flexibility index (Phi) is 4.51. The normalized spacial score (nSPS) is 9.59. The predicted octanol–water partition coefficient (Wildman–Crippen LogP) is 0.940. The van der Waals surface area contributed by atoms with Gasteiger partial charge in [-0.3, -0.25) is 9.59 Å². The van der Waals surface area contributed by atoms with Gasteiger partial charge in [-0.05, 0) is 12.1 Å². The Bertz CT molecular complexity index is 417. The third kappa shape index (κ3) is 3.21. The lowest BCUT2D eigenvalue weighted by molar-refractivity contribution is -0.141. The molecule has 92 valence electrons. The lowest BCUT2D eigenvalue weighted by atomic mass is 10.2. The van der Waals surface area contributed by atoms with Gasteiger partial charge in [-0.25, -0.2) is 0 Å². The smallest absolute Gasteiger partial charge is 0.325 e. The quantitative estimate of drug-likeness (QED) is 0.731. The highest BCUT2D eigenvalue weighted by molar-refractivity contribution is 5.98. The molecule has 0 atom stereocenters. The lowest BCUT2D eigenvalue weighted by Crippen LogP contribution is -2.32. The molecule has 0 saturated heterocycles. The fourth-order valence-corrected chi connectivity index (χ4v) is 1.36. The summed E-state index contributed by atoms with van der Waals surface area (Å²) in [7, 11) is 4.31. The number of methoxy groups -OCH3 is 2. The molecule has 0 aromatic heterocycles. The minimum absolute atomic E-state index is 0.0899. The van der Waals surface area contributed by atoms with Crippen LogP contribution >= 0.6 is 0 Å². The molecule has 0 saturated carbocycles. The number of amides is 1. The molecule has 0 aliphatic heterocycles. The molecule has 1 rings (SSSR count). The molecule has 17 heavy (non-hydrogen) atoms. The van der Waals surface area contributed by atoms with E-state index in [1.165, 1.54) is 26.2 Å². The second-order valence-corrected chi connectivity index (χ2v) is 3.44. The Balaban J connectivity index is 2.85. The van der Waals surface area contributed by atoms with Crippen LogP contribution in [0.25, 0.3) is 0 Å². The molecule has 0 fully saturated rings. The van der Waals surface area contributed by atoms with E-state index in [1.54, 1.807) is 24.3 Å². The highest BCUT2D eigenvalue weighted by Gasteiger charge is 2.18. The van der Waals surface area contributed by atoms with E-state index >= 15 is 0 Å². The molecule has 0 unspecified atom stereocenters. The molecular weight excluding hydrogens is 222 g/mol. The number of benzene rings is 1. The first-order valence-corrected chi connectivity index (χ1v) is 5.05. The lowest BCUT2D eigenvalue weighted by Gasteiger charge is -2.17. The molecule has 0 N–H and O–H groups in total. The van der Waals surface area contributed by atoms with Gasteiger partial charge in [-0.2, -0.15) is 0 Å². The summed E-state index contributed by atoms with van der Waals surface area (Å²) in [5.41, 5.74) is 0.418. The molecule has 0 spiro atoms. The number of rotatable bonds is 4. The van der Waals surface area contributed by atoms with Crippen LogP contribution in [0.5, 0.6) is 5.75 Å². The van der Waals surface area contributed by atoms with Crippen molar-refractivity contribution in [2.75, 3.05) is 27.8 Å². The molecule has 0 aliphatic carbocycles. The van der Waals surface area contributed by atoms with Crippen LogP contribution in [0.4, 0.5) is 0 Å². The van der Waals surface area contributed by atoms with Gasteiger partial charge in [0.1, 0.15) is 12.3 Å². The molecule has 5 nitrogen and oxygen atoms in total. The van der Waals surface area contributed by atoms with Crippen LogP contribution in [-0.4, -0.2) is 44.6 Å². The minimum Gasteiger partial charge on any atom is -0.496 e. The summed E-state index contributed by atoms with van der Waals surface area (Å²) in [5, 5.41) is 0. The summed E-state index contributed by atoms with van der Waals surface area (Å²) in [6, 6.07) is 6.85. The van der Waals surface area contributed by atoms with Crippen LogP contribution in [0.1, 0.15) is 10.4 Å². The number of esters is 1. The van der Waals surface area contributed by atoms with Gasteiger partial charge in [0.05, 0.1) is 19.8 Å². The minimum atomic E-state index is -0.462. The van der Waals surface area contributed by atoms with E-state index < -0.39 is 5.97 Å². The molecule has 5 heteroatoms. The van der Waals surface area contributed by atoms with Gasteiger partial charge in [-0.15, -0.1) is 0 Å². The van der Waals surface area contributed by atoms with E-state index in [-0.39, 0.29) is 12.5 Å². The zero-order chi connectivity index (χ0) is 12.8. The second-order valence-electron chi connectivity index (χ2n) is 3.44. The number of nitrogens with zero attached hydrogens (tertiary/aromatic N) is 1. The van der Waals surface area contributed by atoms with E-state index in [1.807, 2.05) is 0 Å². The monoisotopic (exact) mass is 237 g/mol. The summed E-state index contributed by atoms with van der Waals surface area (Å²) in [5.74, 6) is -0.266. The predicted molar refractivity (Wildman–Crippen MR) is 62.0 cm³/mol. The van der Waals surface area contributed by atoms with E-state index in [4.69, 9.17) is 4.74 Å². The van der Waals surface area contributed by atoms with Crippen LogP contribution in [-0.2, 0) is 9.53 Å². The van der Waals surface area contributed by atoms with E-state index in [0.29, 0.717) is 11.3 Å². The first-order valence-electron chi connectivity index (χ1n) is 5.05. The fourth-order valence-electron chi connectivity index (χ4n) is 1.36. The van der Waals surface area contributed by atoms with Crippen molar-refractivity contribution < 1.29 is 19.1 Å². The van der Waals surface area contributed by atoms with Crippen LogP contribution in [0.15, 0.2) is 24.3 Å². The van der Waals surface area contributed by atoms with Gasteiger partial charge < -0.3 is 14.4 Å². The van der Waals surface area contributed by atoms with Gasteiger partial charge >= 0.3 is 5.97 Å². The molecule has 0 bridgehead atoms. The van der Waals surface area contributed by atoms with E-state index in [9.17, 15) is 9.59 Å². The standard InChI is InChI=1S/C12H15NO4/c1-13(8-11(14)17-3)12(15)9-6-4-5-7-10(9)16-2/h4-7H,8H2,1-3H3. The summed E-state index contributed by atoms with van der Waals surface area (Å²) >= 11 is 0. The van der Waals surface area contributed by atoms with Crippen molar-refractivity contribution >= 4 is 11.9 Å². The van der Waals surface area contributed by atoms with Crippen molar-refractivity contribution in [3.63, 3.8) is 0 Å². The summed E-state index contributed by atoms with van der Waals surface area (Å²) in [6.45, 7) is -0.0899. The number of likely N-dealkylation sites (N-methyl/N-ethyl adjacent to an activating group) is 1. The average Bonchev–Trinajstić information content (AvgIpc) is 2.37. The molecular formula is C12H15NO4. The highest BCUT2D eigenvalue weighted by atomic mass is 16.5. The van der Waals surface area contributed by atoms with Crippen LogP contribution in [0.2, 0.25) is 0 Å². The van der Waals surface area contributed by atoms with Crippen LogP contribution in [0, 0.1) is 0 Å². The Morgan fingerprint density at radius 2 is 1.88 bits per heavy atom. The van der Waals surface area contributed by atoms with Crippen molar-refractivity contribution in [3.05, 3.63) is 29.8 Å². The summed E-state index contributed by atoms with van der Waals surface area (Å²) in [4.78, 5) is 24.4. The zero-order valence-corrected chi connectivity index (χ0v) is 10.1. The van der Waals surface area contributed by atoms with Gasteiger partial charge in [0, 0.05) is 7.05 Å². The van der Waals surface area contributed by atoms with Gasteiger partial charge in [0.25, 0.3) is 5.91 Å². The van der Waals surface area contributed by atoms with E-state index in [0.717, 1.165) is 0 Å². The number of carbonyl (C=O) groups is 2. The number of ether oxygens (including phenoxy) is 2. The summed E-state index contributed by atoms with van der Waals surface area (Å²) < 4.78 is 9.58. The highest BCUT2D eigenvalue weighted by Crippen LogP contribution is 2.18. The third-order valence-corrected chi connectivity index (χ3v) is 2.28. The second kappa shape index (κ2) is 5.89. The Morgan fingerprint density at radius 1 is 1.24 bits per heavy atom. The molecule has 0 aliphatic rings. The maximum Gasteiger partial charge on any atom is 0.325 e. The number of para-hydroxylation sites is 1.